The van der Waals surface area contributed by atoms with E-state index in [9.17, 15) is 29.4 Å². The third kappa shape index (κ3) is 4.49. The molecule has 7 rings (SSSR count). The number of fused-ring (bicyclic) bond motifs is 4. The third-order valence-electron chi connectivity index (χ3n) is 10.3. The fourth-order valence-electron chi connectivity index (χ4n) is 8.49. The van der Waals surface area contributed by atoms with Crippen LogP contribution in [0, 0.1) is 23.7 Å². The molecule has 2 aliphatic heterocycles. The van der Waals surface area contributed by atoms with Gasteiger partial charge in [-0.3, -0.25) is 28.9 Å². The molecule has 10 nitrogen and oxygen atoms in total. The average Bonchev–Trinajstić information content (AvgIpc) is 3.44. The molecule has 0 radical (unpaired) electrons. The molecule has 240 valence electrons. The summed E-state index contributed by atoms with van der Waals surface area (Å²) in [5.41, 5.74) is 0.808. The van der Waals surface area contributed by atoms with Gasteiger partial charge < -0.3 is 14.9 Å². The van der Waals surface area contributed by atoms with Crippen molar-refractivity contribution in [1.82, 2.24) is 4.90 Å². The number of carbonyl (C=O) groups excluding carboxylic acids is 4. The minimum atomic E-state index is -1.47. The van der Waals surface area contributed by atoms with Crippen LogP contribution in [0.4, 0.5) is 5.69 Å². The van der Waals surface area contributed by atoms with Crippen LogP contribution in [0.1, 0.15) is 36.3 Å². The molecule has 6 atom stereocenters. The summed E-state index contributed by atoms with van der Waals surface area (Å²) in [6, 6.07) is 20.5. The van der Waals surface area contributed by atoms with Crippen molar-refractivity contribution in [3.05, 3.63) is 101 Å². The predicted molar refractivity (Wildman–Crippen MR) is 170 cm³/mol. The van der Waals surface area contributed by atoms with Gasteiger partial charge in [0.15, 0.2) is 11.5 Å². The number of allylic oxidation sites excluding steroid dienone is 2. The first-order chi connectivity index (χ1) is 22.6. The van der Waals surface area contributed by atoms with Gasteiger partial charge in [-0.05, 0) is 60.2 Å². The zero-order chi connectivity index (χ0) is 33.2. The van der Waals surface area contributed by atoms with Crippen molar-refractivity contribution in [1.29, 1.82) is 0 Å². The number of benzene rings is 3. The van der Waals surface area contributed by atoms with Gasteiger partial charge in [-0.15, -0.1) is 0 Å². The van der Waals surface area contributed by atoms with Crippen LogP contribution in [-0.2, 0) is 29.4 Å². The fourth-order valence-corrected chi connectivity index (χ4v) is 8.67. The molecule has 47 heavy (non-hydrogen) atoms. The van der Waals surface area contributed by atoms with Gasteiger partial charge >= 0.3 is 5.97 Å². The maximum atomic E-state index is 15.2. The molecule has 6 unspecified atom stereocenters. The van der Waals surface area contributed by atoms with Crippen LogP contribution in [-0.4, -0.2) is 58.4 Å². The van der Waals surface area contributed by atoms with Gasteiger partial charge in [0.1, 0.15) is 0 Å². The van der Waals surface area contributed by atoms with Gasteiger partial charge in [0, 0.05) is 17.5 Å². The van der Waals surface area contributed by atoms with Crippen LogP contribution < -0.4 is 9.64 Å². The summed E-state index contributed by atoms with van der Waals surface area (Å²) < 4.78 is 5.48. The number of amides is 4. The number of phenolic OH excluding ortho intramolecular Hbond substituents is 1. The second kappa shape index (κ2) is 11.4. The molecule has 2 saturated heterocycles. The normalized spacial score (nSPS) is 28.1. The lowest BCUT2D eigenvalue weighted by atomic mass is 9.49. The van der Waals surface area contributed by atoms with E-state index in [2.05, 4.69) is 0 Å². The summed E-state index contributed by atoms with van der Waals surface area (Å²) in [6.07, 6.45) is 1.87. The number of hydrogen-bond acceptors (Lipinski definition) is 7. The Morgan fingerprint density at radius 1 is 0.957 bits per heavy atom. The van der Waals surface area contributed by atoms with Gasteiger partial charge in [0.25, 0.3) is 0 Å². The maximum Gasteiger partial charge on any atom is 0.305 e. The van der Waals surface area contributed by atoms with E-state index in [4.69, 9.17) is 16.3 Å². The first kappa shape index (κ1) is 30.7. The van der Waals surface area contributed by atoms with Gasteiger partial charge in [0.05, 0.1) is 42.4 Å². The number of anilines is 1. The Morgan fingerprint density at radius 3 is 2.43 bits per heavy atom. The molecule has 3 aromatic carbocycles. The summed E-state index contributed by atoms with van der Waals surface area (Å²) in [5.74, 6) is -6.70. The van der Waals surface area contributed by atoms with E-state index in [0.29, 0.717) is 21.8 Å². The Morgan fingerprint density at radius 2 is 1.72 bits per heavy atom. The van der Waals surface area contributed by atoms with E-state index >= 15 is 4.79 Å². The van der Waals surface area contributed by atoms with Crippen LogP contribution >= 0.6 is 11.6 Å². The molecule has 2 N–H and O–H groups in total. The SMILES string of the molecule is COc1cc(C2C3=CCC4C(=O)N(CCC(=O)O)C(=O)C4C3CC3C(=O)N(c4cccc(Cl)c4)C(=O)C32c2ccccc2)ccc1O. The Balaban J connectivity index is 1.46. The molecule has 0 bridgehead atoms. The number of aromatic hydroxyl groups is 1. The van der Waals surface area contributed by atoms with Crippen LogP contribution in [0.5, 0.6) is 11.5 Å². The Bertz CT molecular complexity index is 1880. The minimum absolute atomic E-state index is 0.105. The first-order valence-corrected chi connectivity index (χ1v) is 15.8. The van der Waals surface area contributed by atoms with E-state index in [1.54, 1.807) is 36.4 Å². The molecule has 11 heteroatoms. The van der Waals surface area contributed by atoms with Crippen molar-refractivity contribution in [2.24, 2.45) is 23.7 Å². The molecule has 0 spiro atoms. The first-order valence-electron chi connectivity index (χ1n) is 15.4. The number of carboxylic acid groups (broad SMARTS) is 1. The van der Waals surface area contributed by atoms with Crippen LogP contribution in [0.3, 0.4) is 0 Å². The van der Waals surface area contributed by atoms with Gasteiger partial charge in [0.2, 0.25) is 23.6 Å². The van der Waals surface area contributed by atoms with Crippen molar-refractivity contribution in [3.8, 4) is 11.5 Å². The molecule has 2 aliphatic carbocycles. The molecular formula is C36H31ClN2O8. The highest BCUT2D eigenvalue weighted by Gasteiger charge is 2.70. The van der Waals surface area contributed by atoms with Crippen molar-refractivity contribution < 1.29 is 38.9 Å². The van der Waals surface area contributed by atoms with Gasteiger partial charge in [-0.1, -0.05) is 65.7 Å². The highest BCUT2D eigenvalue weighted by molar-refractivity contribution is 6.32. The Hall–Kier alpha value is -4.96. The minimum Gasteiger partial charge on any atom is -0.504 e. The molecule has 2 heterocycles. The zero-order valence-electron chi connectivity index (χ0n) is 25.3. The molecule has 4 aliphatic rings. The van der Waals surface area contributed by atoms with Crippen molar-refractivity contribution >= 4 is 46.9 Å². The van der Waals surface area contributed by atoms with Crippen molar-refractivity contribution in [3.63, 3.8) is 0 Å². The molecular weight excluding hydrogens is 624 g/mol. The summed E-state index contributed by atoms with van der Waals surface area (Å²) in [5, 5.41) is 20.2. The van der Waals surface area contributed by atoms with Crippen LogP contribution in [0.25, 0.3) is 0 Å². The highest BCUT2D eigenvalue weighted by Crippen LogP contribution is 2.64. The summed E-state index contributed by atoms with van der Waals surface area (Å²) >= 11 is 6.34. The van der Waals surface area contributed by atoms with E-state index in [0.717, 1.165) is 10.5 Å². The number of rotatable bonds is 7. The second-order valence-corrected chi connectivity index (χ2v) is 12.9. The van der Waals surface area contributed by atoms with E-state index in [-0.39, 0.29) is 37.3 Å². The zero-order valence-corrected chi connectivity index (χ0v) is 26.1. The quantitative estimate of drug-likeness (QED) is 0.276. The predicted octanol–water partition coefficient (Wildman–Crippen LogP) is 4.69. The van der Waals surface area contributed by atoms with E-state index < -0.39 is 64.6 Å². The number of halogens is 1. The maximum absolute atomic E-state index is 15.2. The second-order valence-electron chi connectivity index (χ2n) is 12.5. The number of carbonyl (C=O) groups is 5. The third-order valence-corrected chi connectivity index (χ3v) is 10.6. The molecule has 0 aromatic heterocycles. The van der Waals surface area contributed by atoms with Crippen molar-refractivity contribution in [2.45, 2.75) is 30.6 Å². The number of carboxylic acids is 1. The molecule has 1 saturated carbocycles. The number of methoxy groups -OCH3 is 1. The molecule has 4 amide bonds. The highest BCUT2D eigenvalue weighted by atomic mass is 35.5. The summed E-state index contributed by atoms with van der Waals surface area (Å²) in [7, 11) is 1.42. The number of aliphatic carboxylic acids is 1. The standard InChI is InChI=1S/C36H31ClN2O8/c1-47-28-16-19(10-13-27(28)40)31-23-11-12-24-30(34(45)38(32(24)43)15-14-29(41)42)25(23)18-26-33(44)39(22-9-5-8-21(37)17-22)35(46)36(26,31)20-6-3-2-4-7-20/h2-11,13,16-17,24-26,30-31,40H,12,14-15,18H2,1H3,(H,41,42). The number of ether oxygens (including phenoxy) is 1. The molecule has 3 aromatic rings. The lowest BCUT2D eigenvalue weighted by Crippen LogP contribution is -2.53. The number of phenols is 1. The summed E-state index contributed by atoms with van der Waals surface area (Å²) in [6.45, 7) is -0.238. The number of hydrogen-bond donors (Lipinski definition) is 2. The number of nitrogens with zero attached hydrogens (tertiary/aromatic N) is 2. The number of likely N-dealkylation sites (tertiary alicyclic amines) is 1. The smallest absolute Gasteiger partial charge is 0.305 e. The Labute approximate surface area is 275 Å². The Kier molecular flexibility index (Phi) is 7.43. The fraction of sp³-hybridized carbons (Fsp3) is 0.306. The monoisotopic (exact) mass is 654 g/mol. The summed E-state index contributed by atoms with van der Waals surface area (Å²) in [4.78, 5) is 70.9. The molecule has 3 fully saturated rings. The largest absolute Gasteiger partial charge is 0.504 e. The topological polar surface area (TPSA) is 142 Å². The van der Waals surface area contributed by atoms with Gasteiger partial charge in [-0.25, -0.2) is 4.90 Å². The van der Waals surface area contributed by atoms with Crippen molar-refractivity contribution in [2.75, 3.05) is 18.6 Å². The number of imide groups is 2. The van der Waals surface area contributed by atoms with Crippen LogP contribution in [0.15, 0.2) is 84.4 Å². The van der Waals surface area contributed by atoms with Gasteiger partial charge in [-0.2, -0.15) is 0 Å². The van der Waals surface area contributed by atoms with Crippen LogP contribution in [0.2, 0.25) is 5.02 Å². The average molecular weight is 655 g/mol. The lowest BCUT2D eigenvalue weighted by Gasteiger charge is -2.50. The lowest BCUT2D eigenvalue weighted by molar-refractivity contribution is -0.142. The van der Waals surface area contributed by atoms with E-state index in [1.807, 2.05) is 36.4 Å². The van der Waals surface area contributed by atoms with E-state index in [1.165, 1.54) is 18.1 Å².